The number of nitrogens with one attached hydrogen (secondary N) is 2. The zero-order valence-electron chi connectivity index (χ0n) is 12.0. The third kappa shape index (κ3) is 5.99. The van der Waals surface area contributed by atoms with E-state index in [4.69, 9.17) is 10.5 Å². The lowest BCUT2D eigenvalue weighted by molar-refractivity contribution is -0.119. The molecule has 1 aromatic rings. The third-order valence-corrected chi connectivity index (χ3v) is 2.20. The van der Waals surface area contributed by atoms with Crippen molar-refractivity contribution < 1.29 is 9.53 Å². The molecule has 1 rings (SSSR count). The maximum absolute atomic E-state index is 11.5. The van der Waals surface area contributed by atoms with E-state index in [0.29, 0.717) is 11.4 Å². The van der Waals surface area contributed by atoms with Crippen LogP contribution in [0.4, 0.5) is 11.4 Å². The first-order chi connectivity index (χ1) is 8.86. The zero-order valence-corrected chi connectivity index (χ0v) is 12.0. The summed E-state index contributed by atoms with van der Waals surface area (Å²) in [5.41, 5.74) is 7.18. The van der Waals surface area contributed by atoms with E-state index in [1.54, 1.807) is 12.1 Å². The molecular weight excluding hydrogens is 242 g/mol. The summed E-state index contributed by atoms with van der Waals surface area (Å²) in [6, 6.07) is 5.50. The van der Waals surface area contributed by atoms with E-state index in [9.17, 15) is 4.79 Å². The highest BCUT2D eigenvalue weighted by Gasteiger charge is 2.05. The third-order valence-electron chi connectivity index (χ3n) is 2.20. The minimum atomic E-state index is -0.0521. The van der Waals surface area contributed by atoms with Gasteiger partial charge in [-0.05, 0) is 33.8 Å². The van der Waals surface area contributed by atoms with Gasteiger partial charge in [0.05, 0.1) is 12.6 Å². The van der Waals surface area contributed by atoms with Crippen LogP contribution in [0.15, 0.2) is 18.2 Å². The van der Waals surface area contributed by atoms with E-state index < -0.39 is 0 Å². The van der Waals surface area contributed by atoms with Crippen LogP contribution in [0.5, 0.6) is 5.75 Å². The Morgan fingerprint density at radius 2 is 1.95 bits per heavy atom. The predicted octanol–water partition coefficient (Wildman–Crippen LogP) is 1.99. The molecule has 0 heterocycles. The summed E-state index contributed by atoms with van der Waals surface area (Å²) in [7, 11) is 0. The molecule has 0 aromatic heterocycles. The number of benzene rings is 1. The highest BCUT2D eigenvalue weighted by atomic mass is 16.5. The quantitative estimate of drug-likeness (QED) is 0.688. The second kappa shape index (κ2) is 6.87. The molecule has 1 aromatic carbocycles. The molecule has 19 heavy (non-hydrogen) atoms. The van der Waals surface area contributed by atoms with Crippen LogP contribution in [0.25, 0.3) is 0 Å². The average Bonchev–Trinajstić information content (AvgIpc) is 2.23. The van der Waals surface area contributed by atoms with E-state index in [1.165, 1.54) is 0 Å². The Morgan fingerprint density at radius 1 is 1.26 bits per heavy atom. The maximum atomic E-state index is 11.5. The van der Waals surface area contributed by atoms with Gasteiger partial charge < -0.3 is 21.1 Å². The first-order valence-corrected chi connectivity index (χ1v) is 6.47. The fraction of sp³-hybridized carbons (Fsp3) is 0.500. The van der Waals surface area contributed by atoms with Crippen LogP contribution in [-0.2, 0) is 4.79 Å². The molecule has 1 amide bonds. The van der Waals surface area contributed by atoms with Crippen molar-refractivity contribution in [3.05, 3.63) is 18.2 Å². The lowest BCUT2D eigenvalue weighted by atomic mass is 10.2. The average molecular weight is 265 g/mol. The van der Waals surface area contributed by atoms with Crippen LogP contribution < -0.4 is 21.1 Å². The van der Waals surface area contributed by atoms with E-state index in [2.05, 4.69) is 10.6 Å². The molecule has 0 spiro atoms. The lowest BCUT2D eigenvalue weighted by Crippen LogP contribution is -2.34. The van der Waals surface area contributed by atoms with Gasteiger partial charge in [-0.15, -0.1) is 0 Å². The smallest absolute Gasteiger partial charge is 0.239 e. The van der Waals surface area contributed by atoms with Gasteiger partial charge in [0.25, 0.3) is 0 Å². The van der Waals surface area contributed by atoms with Gasteiger partial charge in [-0.2, -0.15) is 0 Å². The molecule has 5 heteroatoms. The number of carbonyl (C=O) groups is 1. The number of nitrogens with two attached hydrogens (primary N) is 1. The van der Waals surface area contributed by atoms with Crippen molar-refractivity contribution in [3.8, 4) is 5.75 Å². The first-order valence-electron chi connectivity index (χ1n) is 6.47. The molecule has 0 unspecified atom stereocenters. The second-order valence-electron chi connectivity index (χ2n) is 5.03. The highest BCUT2D eigenvalue weighted by molar-refractivity contribution is 5.81. The van der Waals surface area contributed by atoms with Gasteiger partial charge in [0.2, 0.25) is 5.91 Å². The minimum Gasteiger partial charge on any atom is -0.491 e. The second-order valence-corrected chi connectivity index (χ2v) is 5.03. The van der Waals surface area contributed by atoms with Gasteiger partial charge in [0.1, 0.15) is 5.75 Å². The van der Waals surface area contributed by atoms with Crippen LogP contribution in [0.1, 0.15) is 27.7 Å². The summed E-state index contributed by atoms with van der Waals surface area (Å²) in [5, 5.41) is 5.84. The van der Waals surface area contributed by atoms with Crippen LogP contribution in [0.2, 0.25) is 0 Å². The molecule has 5 nitrogen and oxygen atoms in total. The number of anilines is 2. The molecule has 0 radical (unpaired) electrons. The molecule has 0 fully saturated rings. The Morgan fingerprint density at radius 3 is 2.53 bits per heavy atom. The van der Waals surface area contributed by atoms with Gasteiger partial charge >= 0.3 is 0 Å². The van der Waals surface area contributed by atoms with E-state index in [0.717, 1.165) is 5.69 Å². The van der Waals surface area contributed by atoms with Crippen LogP contribution >= 0.6 is 0 Å². The molecule has 0 saturated heterocycles. The molecule has 4 N–H and O–H groups in total. The lowest BCUT2D eigenvalue weighted by Gasteiger charge is -2.14. The number of carbonyl (C=O) groups excluding carboxylic acids is 1. The first kappa shape index (κ1) is 15.1. The van der Waals surface area contributed by atoms with Gasteiger partial charge in [-0.3, -0.25) is 4.79 Å². The molecule has 0 aliphatic heterocycles. The molecule has 0 saturated carbocycles. The Balaban J connectivity index is 2.63. The Labute approximate surface area is 114 Å². The standard InChI is InChI=1S/C14H23N3O2/c1-9(2)17-14(18)8-16-12-5-11(15)6-13(7-12)19-10(3)4/h5-7,9-10,16H,8,15H2,1-4H3,(H,17,18). The van der Waals surface area contributed by atoms with Crippen LogP contribution in [0.3, 0.4) is 0 Å². The van der Waals surface area contributed by atoms with Gasteiger partial charge in [-0.25, -0.2) is 0 Å². The SMILES string of the molecule is CC(C)NC(=O)CNc1cc(N)cc(OC(C)C)c1. The van der Waals surface area contributed by atoms with Crippen molar-refractivity contribution in [2.45, 2.75) is 39.8 Å². The fourth-order valence-electron chi connectivity index (χ4n) is 1.62. The monoisotopic (exact) mass is 265 g/mol. The molecular formula is C14H23N3O2. The summed E-state index contributed by atoms with van der Waals surface area (Å²) in [4.78, 5) is 11.5. The van der Waals surface area contributed by atoms with Crippen molar-refractivity contribution in [2.75, 3.05) is 17.6 Å². The Bertz CT molecular complexity index is 431. The van der Waals surface area contributed by atoms with Gasteiger partial charge in [0, 0.05) is 29.5 Å². The van der Waals surface area contributed by atoms with E-state index in [-0.39, 0.29) is 24.6 Å². The summed E-state index contributed by atoms with van der Waals surface area (Å²) in [6.07, 6.45) is 0.0823. The van der Waals surface area contributed by atoms with E-state index in [1.807, 2.05) is 33.8 Å². The van der Waals surface area contributed by atoms with Crippen molar-refractivity contribution in [3.63, 3.8) is 0 Å². The highest BCUT2D eigenvalue weighted by Crippen LogP contribution is 2.23. The Hall–Kier alpha value is -1.91. The topological polar surface area (TPSA) is 76.4 Å². The van der Waals surface area contributed by atoms with E-state index >= 15 is 0 Å². The molecule has 0 aliphatic carbocycles. The van der Waals surface area contributed by atoms with Crippen molar-refractivity contribution in [1.82, 2.24) is 5.32 Å². The van der Waals surface area contributed by atoms with Crippen molar-refractivity contribution in [2.24, 2.45) is 0 Å². The number of rotatable bonds is 6. The molecule has 0 atom stereocenters. The summed E-state index contributed by atoms with van der Waals surface area (Å²) in [5.74, 6) is 0.644. The number of nitrogen functional groups attached to an aromatic ring is 1. The number of hydrogen-bond donors (Lipinski definition) is 3. The summed E-state index contributed by atoms with van der Waals surface area (Å²) >= 11 is 0. The zero-order chi connectivity index (χ0) is 14.4. The summed E-state index contributed by atoms with van der Waals surface area (Å²) in [6.45, 7) is 7.96. The predicted molar refractivity (Wildman–Crippen MR) is 78.4 cm³/mol. The number of ether oxygens (including phenoxy) is 1. The van der Waals surface area contributed by atoms with Crippen LogP contribution in [0, 0.1) is 0 Å². The number of hydrogen-bond acceptors (Lipinski definition) is 4. The van der Waals surface area contributed by atoms with Gasteiger partial charge in [0.15, 0.2) is 0 Å². The molecule has 106 valence electrons. The Kier molecular flexibility index (Phi) is 5.48. The largest absolute Gasteiger partial charge is 0.491 e. The molecule has 0 aliphatic rings. The fourth-order valence-corrected chi connectivity index (χ4v) is 1.62. The maximum Gasteiger partial charge on any atom is 0.239 e. The summed E-state index contributed by atoms with van der Waals surface area (Å²) < 4.78 is 5.59. The van der Waals surface area contributed by atoms with Crippen molar-refractivity contribution >= 4 is 17.3 Å². The van der Waals surface area contributed by atoms with Crippen molar-refractivity contribution in [1.29, 1.82) is 0 Å². The minimum absolute atomic E-state index is 0.0521. The van der Waals surface area contributed by atoms with Crippen LogP contribution in [-0.4, -0.2) is 24.6 Å². The molecule has 0 bridgehead atoms. The van der Waals surface area contributed by atoms with Gasteiger partial charge in [-0.1, -0.05) is 0 Å². The normalized spacial score (nSPS) is 10.6. The number of amides is 1.